The second-order valence-electron chi connectivity index (χ2n) is 9.12. The maximum Gasteiger partial charge on any atom is 0.294 e. The molecule has 6 nitrogen and oxygen atoms in total. The highest BCUT2D eigenvalue weighted by atomic mass is 35.5. The molecule has 1 atom stereocenters. The van der Waals surface area contributed by atoms with E-state index in [4.69, 9.17) is 11.6 Å². The molecule has 8 heteroatoms. The fraction of sp³-hybridized carbons (Fsp3) is 0.320. The molecule has 3 amide bonds. The van der Waals surface area contributed by atoms with Crippen LogP contribution in [0.4, 0.5) is 16.2 Å². The predicted octanol–water partition coefficient (Wildman–Crippen LogP) is 5.74. The van der Waals surface area contributed by atoms with Gasteiger partial charge in [0.05, 0.1) is 4.91 Å². The molecule has 1 fully saturated rings. The van der Waals surface area contributed by atoms with E-state index in [2.05, 4.69) is 50.2 Å². The van der Waals surface area contributed by atoms with Crippen molar-refractivity contribution in [1.82, 2.24) is 4.90 Å². The molecular weight excluding hydrogens is 458 g/mol. The number of fused-ring (bicyclic) bond motifs is 1. The van der Waals surface area contributed by atoms with Crippen molar-refractivity contribution in [3.8, 4) is 0 Å². The largest absolute Gasteiger partial charge is 0.369 e. The van der Waals surface area contributed by atoms with Crippen molar-refractivity contribution in [2.45, 2.75) is 38.6 Å². The third kappa shape index (κ3) is 4.80. The van der Waals surface area contributed by atoms with Crippen molar-refractivity contribution >= 4 is 57.9 Å². The fourth-order valence-corrected chi connectivity index (χ4v) is 5.41. The maximum atomic E-state index is 12.9. The lowest BCUT2D eigenvalue weighted by Crippen LogP contribution is -2.45. The minimum absolute atomic E-state index is 0.0717. The van der Waals surface area contributed by atoms with E-state index in [1.807, 2.05) is 6.07 Å². The van der Waals surface area contributed by atoms with E-state index in [1.54, 1.807) is 30.3 Å². The number of imide groups is 1. The second kappa shape index (κ2) is 8.88. The molecule has 2 heterocycles. The summed E-state index contributed by atoms with van der Waals surface area (Å²) in [6.07, 6.45) is 2.75. The summed E-state index contributed by atoms with van der Waals surface area (Å²) in [5.41, 5.74) is 3.85. The molecule has 2 aliphatic heterocycles. The number of halogens is 1. The quantitative estimate of drug-likeness (QED) is 0.562. The van der Waals surface area contributed by atoms with Gasteiger partial charge in [-0.2, -0.15) is 0 Å². The van der Waals surface area contributed by atoms with E-state index >= 15 is 0 Å². The van der Waals surface area contributed by atoms with Crippen LogP contribution in [0.15, 0.2) is 47.4 Å². The van der Waals surface area contributed by atoms with Crippen molar-refractivity contribution in [3.05, 3.63) is 63.5 Å². The van der Waals surface area contributed by atoms with Crippen LogP contribution in [-0.2, 0) is 9.59 Å². The zero-order valence-electron chi connectivity index (χ0n) is 19.0. The Morgan fingerprint density at radius 2 is 2.00 bits per heavy atom. The Morgan fingerprint density at radius 1 is 1.24 bits per heavy atom. The van der Waals surface area contributed by atoms with Crippen LogP contribution in [-0.4, -0.2) is 41.1 Å². The number of benzene rings is 2. The van der Waals surface area contributed by atoms with Crippen LogP contribution in [0.3, 0.4) is 0 Å². The minimum Gasteiger partial charge on any atom is -0.369 e. The van der Waals surface area contributed by atoms with Gasteiger partial charge in [0.25, 0.3) is 11.1 Å². The number of nitrogens with one attached hydrogen (secondary N) is 1. The van der Waals surface area contributed by atoms with Gasteiger partial charge in [-0.05, 0) is 85.5 Å². The Hall–Kier alpha value is -2.77. The smallest absolute Gasteiger partial charge is 0.294 e. The average Bonchev–Trinajstić information content (AvgIpc) is 2.99. The van der Waals surface area contributed by atoms with Crippen LogP contribution in [0.25, 0.3) is 6.08 Å². The molecule has 0 radical (unpaired) electrons. The Morgan fingerprint density at radius 3 is 2.73 bits per heavy atom. The third-order valence-corrected chi connectivity index (χ3v) is 7.38. The highest BCUT2D eigenvalue weighted by Gasteiger charge is 2.37. The number of anilines is 2. The summed E-state index contributed by atoms with van der Waals surface area (Å²) in [5, 5.41) is 2.69. The van der Waals surface area contributed by atoms with Gasteiger partial charge in [0.15, 0.2) is 0 Å². The lowest BCUT2D eigenvalue weighted by molar-refractivity contribution is -0.127. The zero-order valence-corrected chi connectivity index (χ0v) is 20.6. The molecule has 0 spiro atoms. The molecule has 172 valence electrons. The van der Waals surface area contributed by atoms with Crippen molar-refractivity contribution < 1.29 is 14.4 Å². The standard InChI is InChI=1S/C25H26ClN3O3S/c1-15-13-25(2,3)28(4)20-9-8-16(10-19(15)20)11-21-23(31)29(24(32)33-21)14-22(30)27-18-7-5-6-17(26)12-18/h5-12,15H,13-14H2,1-4H3,(H,27,30)/b21-11-/t15-/m0/s1. The molecule has 2 aromatic carbocycles. The van der Waals surface area contributed by atoms with Crippen LogP contribution < -0.4 is 10.2 Å². The monoisotopic (exact) mass is 483 g/mol. The SMILES string of the molecule is C[C@H]1CC(C)(C)N(C)c2ccc(/C=C3\SC(=O)N(CC(=O)Nc4cccc(Cl)c4)C3=O)cc21. The summed E-state index contributed by atoms with van der Waals surface area (Å²) in [6.45, 7) is 6.33. The number of amides is 3. The fourth-order valence-electron chi connectivity index (χ4n) is 4.38. The molecule has 4 rings (SSSR count). The van der Waals surface area contributed by atoms with E-state index in [0.717, 1.165) is 28.6 Å². The molecule has 0 unspecified atom stereocenters. The Kier molecular flexibility index (Phi) is 6.29. The Labute approximate surface area is 203 Å². The highest BCUT2D eigenvalue weighted by Crippen LogP contribution is 2.43. The van der Waals surface area contributed by atoms with Crippen LogP contribution >= 0.6 is 23.4 Å². The molecule has 2 aromatic rings. The van der Waals surface area contributed by atoms with Gasteiger partial charge in [-0.3, -0.25) is 19.3 Å². The predicted molar refractivity (Wildman–Crippen MR) is 135 cm³/mol. The van der Waals surface area contributed by atoms with Crippen LogP contribution in [0.1, 0.15) is 44.2 Å². The topological polar surface area (TPSA) is 69.7 Å². The van der Waals surface area contributed by atoms with Crippen LogP contribution in [0.2, 0.25) is 5.02 Å². The summed E-state index contributed by atoms with van der Waals surface area (Å²) < 4.78 is 0. The first kappa shape index (κ1) is 23.4. The molecule has 1 saturated heterocycles. The van der Waals surface area contributed by atoms with Crippen molar-refractivity contribution in [1.29, 1.82) is 0 Å². The third-order valence-electron chi connectivity index (χ3n) is 6.24. The minimum atomic E-state index is -0.464. The lowest BCUT2D eigenvalue weighted by atomic mass is 9.80. The lowest BCUT2D eigenvalue weighted by Gasteiger charge is -2.45. The van der Waals surface area contributed by atoms with Gasteiger partial charge < -0.3 is 10.2 Å². The molecule has 0 aromatic heterocycles. The molecule has 33 heavy (non-hydrogen) atoms. The molecule has 1 N–H and O–H groups in total. The molecule has 0 aliphatic carbocycles. The summed E-state index contributed by atoms with van der Waals surface area (Å²) in [7, 11) is 2.10. The van der Waals surface area contributed by atoms with Gasteiger partial charge in [0.2, 0.25) is 5.91 Å². The van der Waals surface area contributed by atoms with E-state index in [0.29, 0.717) is 21.5 Å². The van der Waals surface area contributed by atoms with Gasteiger partial charge in [-0.25, -0.2) is 0 Å². The normalized spacial score (nSPS) is 20.9. The van der Waals surface area contributed by atoms with E-state index in [-0.39, 0.29) is 12.1 Å². The van der Waals surface area contributed by atoms with Gasteiger partial charge in [0.1, 0.15) is 6.54 Å². The number of nitrogens with zero attached hydrogens (tertiary/aromatic N) is 2. The number of hydrogen-bond donors (Lipinski definition) is 1. The molecular formula is C25H26ClN3O3S. The zero-order chi connectivity index (χ0) is 23.9. The number of carbonyl (C=O) groups excluding carboxylic acids is 3. The van der Waals surface area contributed by atoms with E-state index in [1.165, 1.54) is 11.3 Å². The van der Waals surface area contributed by atoms with Crippen molar-refractivity contribution in [2.24, 2.45) is 0 Å². The molecule has 2 aliphatic rings. The van der Waals surface area contributed by atoms with Gasteiger partial charge in [0, 0.05) is 29.0 Å². The number of rotatable bonds is 4. The highest BCUT2D eigenvalue weighted by molar-refractivity contribution is 8.18. The van der Waals surface area contributed by atoms with Crippen LogP contribution in [0, 0.1) is 0 Å². The number of thioether (sulfide) groups is 1. The van der Waals surface area contributed by atoms with E-state index < -0.39 is 17.1 Å². The Balaban J connectivity index is 1.50. The Bertz CT molecular complexity index is 1180. The number of carbonyl (C=O) groups is 3. The van der Waals surface area contributed by atoms with Gasteiger partial charge in [-0.1, -0.05) is 30.7 Å². The molecule has 0 saturated carbocycles. The maximum absolute atomic E-state index is 12.9. The summed E-state index contributed by atoms with van der Waals surface area (Å²) in [5.74, 6) is -0.547. The first-order chi connectivity index (χ1) is 15.5. The average molecular weight is 484 g/mol. The summed E-state index contributed by atoms with van der Waals surface area (Å²) >= 11 is 6.79. The summed E-state index contributed by atoms with van der Waals surface area (Å²) in [6, 6.07) is 12.8. The first-order valence-electron chi connectivity index (χ1n) is 10.7. The van der Waals surface area contributed by atoms with Crippen molar-refractivity contribution in [2.75, 3.05) is 23.8 Å². The number of hydrogen-bond acceptors (Lipinski definition) is 5. The molecule has 0 bridgehead atoms. The van der Waals surface area contributed by atoms with Gasteiger partial charge in [-0.15, -0.1) is 0 Å². The first-order valence-corrected chi connectivity index (χ1v) is 11.9. The van der Waals surface area contributed by atoms with Crippen molar-refractivity contribution in [3.63, 3.8) is 0 Å². The van der Waals surface area contributed by atoms with Gasteiger partial charge >= 0.3 is 0 Å². The van der Waals surface area contributed by atoms with E-state index in [9.17, 15) is 14.4 Å². The summed E-state index contributed by atoms with van der Waals surface area (Å²) in [4.78, 5) is 41.3. The van der Waals surface area contributed by atoms with Crippen LogP contribution in [0.5, 0.6) is 0 Å². The second-order valence-corrected chi connectivity index (χ2v) is 10.6.